The van der Waals surface area contributed by atoms with E-state index < -0.39 is 66.1 Å². The monoisotopic (exact) mass is 514 g/mol. The van der Waals surface area contributed by atoms with Crippen LogP contribution < -0.4 is 10.1 Å². The Bertz CT molecular complexity index is 1140. The molecule has 1 amide bonds. The number of carbonyl (C=O) groups excluding carboxylic acids is 3. The number of amides is 1. The predicted octanol–water partition coefficient (Wildman–Crippen LogP) is 1.97. The molecule has 5 atom stereocenters. The number of pyridine rings is 1. The van der Waals surface area contributed by atoms with Crippen molar-refractivity contribution in [1.82, 2.24) is 10.3 Å². The molecule has 1 unspecified atom stereocenters. The maximum absolute atomic E-state index is 13.3. The van der Waals surface area contributed by atoms with E-state index in [1.807, 2.05) is 30.3 Å². The summed E-state index contributed by atoms with van der Waals surface area (Å²) in [5.41, 5.74) is 0.445. The van der Waals surface area contributed by atoms with Gasteiger partial charge in [0.25, 0.3) is 5.91 Å². The number of carbonyl (C=O) groups is 4. The van der Waals surface area contributed by atoms with E-state index in [1.165, 1.54) is 26.3 Å². The molecule has 2 aromatic rings. The first-order valence-electron chi connectivity index (χ1n) is 11.8. The van der Waals surface area contributed by atoms with Crippen molar-refractivity contribution < 1.29 is 43.6 Å². The second-order valence-electron chi connectivity index (χ2n) is 8.94. The number of nitrogens with one attached hydrogen (secondary N) is 1. The van der Waals surface area contributed by atoms with Gasteiger partial charge in [0, 0.05) is 18.2 Å². The first-order chi connectivity index (χ1) is 17.6. The van der Waals surface area contributed by atoms with Crippen LogP contribution in [0.3, 0.4) is 0 Å². The molecular formula is C26H30N2O9. The molecule has 0 radical (unpaired) electrons. The number of cyclic esters (lactones) is 2. The summed E-state index contributed by atoms with van der Waals surface area (Å²) in [6.45, 7) is 2.58. The molecule has 0 spiro atoms. The van der Waals surface area contributed by atoms with E-state index in [0.29, 0.717) is 0 Å². The molecule has 11 nitrogen and oxygen atoms in total. The first-order valence-corrected chi connectivity index (χ1v) is 11.8. The molecule has 37 heavy (non-hydrogen) atoms. The minimum atomic E-state index is -1.39. The average Bonchev–Trinajstić information content (AvgIpc) is 2.91. The zero-order chi connectivity index (χ0) is 27.1. The smallest absolute Gasteiger partial charge is 0.332 e. The second kappa shape index (κ2) is 12.2. The molecule has 1 fully saturated rings. The first kappa shape index (κ1) is 27.4. The van der Waals surface area contributed by atoms with E-state index in [4.69, 9.17) is 14.2 Å². The normalized spacial score (nSPS) is 22.9. The van der Waals surface area contributed by atoms with Crippen molar-refractivity contribution in [3.05, 3.63) is 53.9 Å². The van der Waals surface area contributed by atoms with Gasteiger partial charge in [0.15, 0.2) is 23.2 Å². The largest absolute Gasteiger partial charge is 0.503 e. The summed E-state index contributed by atoms with van der Waals surface area (Å²) in [6.07, 6.45) is 0.697. The minimum Gasteiger partial charge on any atom is -0.503 e. The number of benzene rings is 1. The lowest BCUT2D eigenvalue weighted by molar-refractivity contribution is -0.155. The lowest BCUT2D eigenvalue weighted by Gasteiger charge is -2.30. The van der Waals surface area contributed by atoms with Gasteiger partial charge < -0.3 is 29.7 Å². The molecule has 0 saturated carbocycles. The summed E-state index contributed by atoms with van der Waals surface area (Å²) >= 11 is 0. The quantitative estimate of drug-likeness (QED) is 0.444. The van der Waals surface area contributed by atoms with Crippen molar-refractivity contribution in [3.8, 4) is 11.5 Å². The van der Waals surface area contributed by atoms with Crippen LogP contribution in [0.25, 0.3) is 0 Å². The molecule has 0 bridgehead atoms. The van der Waals surface area contributed by atoms with Gasteiger partial charge in [0.2, 0.25) is 0 Å². The van der Waals surface area contributed by atoms with Crippen molar-refractivity contribution in [2.75, 3.05) is 13.7 Å². The van der Waals surface area contributed by atoms with Crippen molar-refractivity contribution in [3.63, 3.8) is 0 Å². The summed E-state index contributed by atoms with van der Waals surface area (Å²) in [4.78, 5) is 54.4. The Labute approximate surface area is 213 Å². The van der Waals surface area contributed by atoms with Crippen molar-refractivity contribution in [2.45, 2.75) is 38.8 Å². The molecule has 198 valence electrons. The number of methoxy groups -OCH3 is 1. The van der Waals surface area contributed by atoms with Crippen molar-refractivity contribution >= 4 is 23.8 Å². The molecule has 1 aromatic carbocycles. The Morgan fingerprint density at radius 3 is 2.54 bits per heavy atom. The molecular weight excluding hydrogens is 484 g/mol. The maximum atomic E-state index is 13.3. The molecule has 11 heteroatoms. The van der Waals surface area contributed by atoms with Crippen LogP contribution in [0.15, 0.2) is 42.6 Å². The number of aromatic hydroxyl groups is 1. The van der Waals surface area contributed by atoms with Gasteiger partial charge in [-0.1, -0.05) is 37.3 Å². The van der Waals surface area contributed by atoms with E-state index in [2.05, 4.69) is 10.3 Å². The van der Waals surface area contributed by atoms with Crippen LogP contribution in [-0.2, 0) is 30.3 Å². The molecule has 3 N–H and O–H groups in total. The van der Waals surface area contributed by atoms with E-state index in [9.17, 15) is 29.4 Å². The van der Waals surface area contributed by atoms with Crippen LogP contribution in [-0.4, -0.2) is 64.9 Å². The number of carboxylic acid groups (broad SMARTS) is 1. The summed E-state index contributed by atoms with van der Waals surface area (Å²) < 4.78 is 16.0. The van der Waals surface area contributed by atoms with Crippen LogP contribution in [0.5, 0.6) is 11.5 Å². The van der Waals surface area contributed by atoms with Crippen LogP contribution >= 0.6 is 0 Å². The zero-order valence-corrected chi connectivity index (χ0v) is 20.7. The number of hydrogen-bond acceptors (Lipinski definition) is 9. The van der Waals surface area contributed by atoms with E-state index in [-0.39, 0.29) is 24.3 Å². The van der Waals surface area contributed by atoms with Gasteiger partial charge in [-0.15, -0.1) is 0 Å². The van der Waals surface area contributed by atoms with Crippen LogP contribution in [0.4, 0.5) is 0 Å². The number of ether oxygens (including phenoxy) is 3. The summed E-state index contributed by atoms with van der Waals surface area (Å²) in [6, 6.07) is 9.12. The molecule has 1 aromatic heterocycles. The molecule has 1 aliphatic heterocycles. The van der Waals surface area contributed by atoms with Gasteiger partial charge in [-0.05, 0) is 25.3 Å². The highest BCUT2D eigenvalue weighted by Crippen LogP contribution is 2.32. The Morgan fingerprint density at radius 2 is 1.89 bits per heavy atom. The van der Waals surface area contributed by atoms with E-state index in [1.54, 1.807) is 6.92 Å². The van der Waals surface area contributed by atoms with Gasteiger partial charge >= 0.3 is 17.9 Å². The van der Waals surface area contributed by atoms with Gasteiger partial charge in [-0.25, -0.2) is 9.78 Å². The standard InChI is InChI=1S/C26H30N2O9/c1-14(24(31)32)11-17-15(2)37-26(34)19(28-23(30)21-22(29)20(35-3)9-10-27-21)13-36-25(33)18(17)12-16-7-5-4-6-8-16/h4-10,14-15,17-19,29H,11-13H2,1-3H3,(H,28,30)(H,31,32)/t14?,15-,17-,18+,19-/m0/s1. The fraction of sp³-hybridized carbons (Fsp3) is 0.423. The van der Waals surface area contributed by atoms with E-state index >= 15 is 0 Å². The summed E-state index contributed by atoms with van der Waals surface area (Å²) in [5, 5.41) is 22.1. The van der Waals surface area contributed by atoms with Gasteiger partial charge in [0.05, 0.1) is 18.9 Å². The predicted molar refractivity (Wildman–Crippen MR) is 129 cm³/mol. The van der Waals surface area contributed by atoms with Gasteiger partial charge in [0.1, 0.15) is 12.7 Å². The SMILES string of the molecule is COc1ccnc(C(=O)N[C@H]2COC(=O)[C@H](Cc3ccccc3)[C@@H](CC(C)C(=O)O)[C@H](C)OC2=O)c1O. The number of aliphatic carboxylic acids is 1. The van der Waals surface area contributed by atoms with Crippen LogP contribution in [0, 0.1) is 17.8 Å². The maximum Gasteiger partial charge on any atom is 0.332 e. The fourth-order valence-electron chi connectivity index (χ4n) is 4.26. The Balaban J connectivity index is 1.87. The van der Waals surface area contributed by atoms with Crippen LogP contribution in [0.2, 0.25) is 0 Å². The lowest BCUT2D eigenvalue weighted by Crippen LogP contribution is -2.46. The highest BCUT2D eigenvalue weighted by Gasteiger charge is 2.41. The third kappa shape index (κ3) is 6.75. The Hall–Kier alpha value is -4.15. The molecule has 0 aliphatic carbocycles. The van der Waals surface area contributed by atoms with Crippen LogP contribution in [0.1, 0.15) is 36.3 Å². The zero-order valence-electron chi connectivity index (χ0n) is 20.7. The molecule has 2 heterocycles. The third-order valence-electron chi connectivity index (χ3n) is 6.37. The number of nitrogens with zero attached hydrogens (tertiary/aromatic N) is 1. The lowest BCUT2D eigenvalue weighted by atomic mass is 9.78. The van der Waals surface area contributed by atoms with Gasteiger partial charge in [-0.3, -0.25) is 14.4 Å². The van der Waals surface area contributed by atoms with Crippen molar-refractivity contribution in [2.24, 2.45) is 17.8 Å². The number of aromatic nitrogens is 1. The molecule has 1 aliphatic rings. The Kier molecular flexibility index (Phi) is 9.05. The summed E-state index contributed by atoms with van der Waals surface area (Å²) in [7, 11) is 1.31. The van der Waals surface area contributed by atoms with E-state index in [0.717, 1.165) is 5.56 Å². The summed E-state index contributed by atoms with van der Waals surface area (Å²) in [5.74, 6) is -6.24. The second-order valence-corrected chi connectivity index (χ2v) is 8.94. The molecule has 3 rings (SSSR count). The number of rotatable bonds is 8. The number of hydrogen-bond donors (Lipinski definition) is 3. The highest BCUT2D eigenvalue weighted by molar-refractivity contribution is 5.98. The average molecular weight is 515 g/mol. The third-order valence-corrected chi connectivity index (χ3v) is 6.37. The molecule has 1 saturated heterocycles. The Morgan fingerprint density at radius 1 is 1.19 bits per heavy atom. The topological polar surface area (TPSA) is 161 Å². The van der Waals surface area contributed by atoms with Crippen molar-refractivity contribution in [1.29, 1.82) is 0 Å². The van der Waals surface area contributed by atoms with Gasteiger partial charge in [-0.2, -0.15) is 0 Å². The fourth-order valence-corrected chi connectivity index (χ4v) is 4.26. The minimum absolute atomic E-state index is 0.0105. The number of carboxylic acids is 1. The highest BCUT2D eigenvalue weighted by atomic mass is 16.6. The number of esters is 2.